The van der Waals surface area contributed by atoms with Crippen molar-refractivity contribution in [2.24, 2.45) is 11.1 Å². The summed E-state index contributed by atoms with van der Waals surface area (Å²) in [6.07, 6.45) is 7.17. The molecular formula is C30H36N4O6. The molecule has 0 saturated heterocycles. The summed E-state index contributed by atoms with van der Waals surface area (Å²) < 4.78 is 19.3. The van der Waals surface area contributed by atoms with Crippen LogP contribution in [0.3, 0.4) is 0 Å². The van der Waals surface area contributed by atoms with Gasteiger partial charge >= 0.3 is 0 Å². The van der Waals surface area contributed by atoms with Crippen LogP contribution in [0.2, 0.25) is 0 Å². The van der Waals surface area contributed by atoms with Crippen molar-refractivity contribution in [2.75, 3.05) is 13.7 Å². The first-order chi connectivity index (χ1) is 19.1. The number of fused-ring (bicyclic) bond motifs is 1. The van der Waals surface area contributed by atoms with Gasteiger partial charge in [-0.25, -0.2) is 4.52 Å². The van der Waals surface area contributed by atoms with Crippen molar-refractivity contribution in [3.63, 3.8) is 0 Å². The minimum atomic E-state index is -0.946. The summed E-state index contributed by atoms with van der Waals surface area (Å²) in [4.78, 5) is 25.1. The van der Waals surface area contributed by atoms with Crippen molar-refractivity contribution in [1.82, 2.24) is 14.9 Å². The zero-order valence-corrected chi connectivity index (χ0v) is 23.1. The maximum atomic E-state index is 13.2. The number of hydrogen-bond acceptors (Lipinski definition) is 7. The maximum Gasteiger partial charge on any atom is 0.255 e. The van der Waals surface area contributed by atoms with Crippen molar-refractivity contribution < 1.29 is 28.9 Å². The molecule has 2 aromatic heterocycles. The fraction of sp³-hybridized carbons (Fsp3) is 0.500. The molecule has 4 N–H and O–H groups in total. The molecule has 10 heteroatoms. The number of carbonyl (C=O) groups is 2. The summed E-state index contributed by atoms with van der Waals surface area (Å²) in [5.74, 6) is 1.24. The number of primary amides is 1. The number of rotatable bonds is 10. The molecule has 10 nitrogen and oxygen atoms in total. The van der Waals surface area contributed by atoms with E-state index >= 15 is 0 Å². The highest BCUT2D eigenvalue weighted by atomic mass is 16.5. The average Bonchev–Trinajstić information content (AvgIpc) is 3.61. The molecule has 0 radical (unpaired) electrons. The first-order valence-electron chi connectivity index (χ1n) is 13.9. The summed E-state index contributed by atoms with van der Waals surface area (Å²) in [7, 11) is 1.54. The highest BCUT2D eigenvalue weighted by Crippen LogP contribution is 2.57. The molecule has 2 heterocycles. The third-order valence-electron chi connectivity index (χ3n) is 8.23. The molecule has 3 aliphatic carbocycles. The van der Waals surface area contributed by atoms with E-state index in [2.05, 4.69) is 10.4 Å². The summed E-state index contributed by atoms with van der Waals surface area (Å²) >= 11 is 0. The van der Waals surface area contributed by atoms with Crippen LogP contribution < -0.4 is 25.3 Å². The van der Waals surface area contributed by atoms with Crippen LogP contribution in [0, 0.1) is 5.41 Å². The summed E-state index contributed by atoms with van der Waals surface area (Å²) in [5.41, 5.74) is 7.29. The number of aromatic nitrogens is 2. The third-order valence-corrected chi connectivity index (χ3v) is 8.23. The Bertz CT molecular complexity index is 1460. The molecule has 40 heavy (non-hydrogen) atoms. The number of hydrogen-bond donors (Lipinski definition) is 3. The second-order valence-electron chi connectivity index (χ2n) is 12.2. The van der Waals surface area contributed by atoms with Gasteiger partial charge in [-0.1, -0.05) is 6.07 Å². The van der Waals surface area contributed by atoms with Gasteiger partial charge in [0.2, 0.25) is 0 Å². The van der Waals surface area contributed by atoms with Crippen LogP contribution >= 0.6 is 0 Å². The van der Waals surface area contributed by atoms with Crippen molar-refractivity contribution in [3.8, 4) is 17.2 Å². The number of amides is 2. The summed E-state index contributed by atoms with van der Waals surface area (Å²) in [5, 5.41) is 17.8. The second kappa shape index (κ2) is 9.69. The van der Waals surface area contributed by atoms with E-state index in [9.17, 15) is 14.7 Å². The third kappa shape index (κ3) is 4.96. The van der Waals surface area contributed by atoms with Gasteiger partial charge in [-0.3, -0.25) is 9.59 Å². The lowest BCUT2D eigenvalue weighted by Crippen LogP contribution is -2.58. The van der Waals surface area contributed by atoms with Gasteiger partial charge in [0.15, 0.2) is 11.5 Å². The zero-order valence-electron chi connectivity index (χ0n) is 23.1. The molecule has 6 rings (SSSR count). The van der Waals surface area contributed by atoms with Crippen LogP contribution in [0.1, 0.15) is 84.7 Å². The van der Waals surface area contributed by atoms with E-state index in [-0.39, 0.29) is 30.1 Å². The van der Waals surface area contributed by atoms with Crippen LogP contribution in [-0.2, 0) is 0 Å². The molecule has 1 aromatic carbocycles. The first-order valence-corrected chi connectivity index (χ1v) is 13.9. The van der Waals surface area contributed by atoms with E-state index in [4.69, 9.17) is 19.9 Å². The summed E-state index contributed by atoms with van der Waals surface area (Å²) in [6.45, 7) is 3.59. The summed E-state index contributed by atoms with van der Waals surface area (Å²) in [6, 6.07) is 8.94. The molecule has 3 fully saturated rings. The Labute approximate surface area is 232 Å². The first kappa shape index (κ1) is 26.4. The van der Waals surface area contributed by atoms with Crippen LogP contribution in [0.25, 0.3) is 5.52 Å². The number of ether oxygens (including phenoxy) is 3. The van der Waals surface area contributed by atoms with E-state index in [1.54, 1.807) is 38.2 Å². The molecule has 212 valence electrons. The van der Waals surface area contributed by atoms with Gasteiger partial charge in [-0.05, 0) is 82.1 Å². The highest BCUT2D eigenvalue weighted by molar-refractivity contribution is 6.01. The molecule has 0 bridgehead atoms. The minimum absolute atomic E-state index is 0.0284. The molecule has 3 aliphatic rings. The standard InChI is InChI=1S/C30H36N4O6/c1-29(2,37)16-39-23-10-9-22-21(15-32-34(22)25(23)17-7-8-17)28(36)33-18-11-30(12-18)13-19(14-30)40-26-20(27(31)35)5-4-6-24(26)38-3/h4-6,9-10,15,17-19,37H,7-8,11-14,16H2,1-3H3,(H2,31,35)(H,33,36). The molecule has 3 saturated carbocycles. The van der Waals surface area contributed by atoms with Gasteiger partial charge in [-0.15, -0.1) is 0 Å². The number of benzene rings is 1. The number of nitrogens with one attached hydrogen (secondary N) is 1. The Hall–Kier alpha value is -3.79. The van der Waals surface area contributed by atoms with E-state index in [0.29, 0.717) is 34.3 Å². The Balaban J connectivity index is 1.07. The maximum absolute atomic E-state index is 13.2. The van der Waals surface area contributed by atoms with Crippen LogP contribution in [0.15, 0.2) is 36.5 Å². The number of aliphatic hydroxyl groups is 1. The molecular weight excluding hydrogens is 512 g/mol. The van der Waals surface area contributed by atoms with Crippen LogP contribution in [0.4, 0.5) is 0 Å². The topological polar surface area (TPSA) is 137 Å². The predicted molar refractivity (Wildman–Crippen MR) is 147 cm³/mol. The van der Waals surface area contributed by atoms with E-state index < -0.39 is 11.5 Å². The average molecular weight is 549 g/mol. The quantitative estimate of drug-likeness (QED) is 0.352. The van der Waals surface area contributed by atoms with Gasteiger partial charge in [-0.2, -0.15) is 5.10 Å². The van der Waals surface area contributed by atoms with E-state index in [0.717, 1.165) is 49.7 Å². The smallest absolute Gasteiger partial charge is 0.255 e. The zero-order chi connectivity index (χ0) is 28.2. The molecule has 3 aromatic rings. The normalized spacial score (nSPS) is 23.8. The molecule has 0 atom stereocenters. The van der Waals surface area contributed by atoms with Crippen LogP contribution in [-0.4, -0.2) is 58.0 Å². The van der Waals surface area contributed by atoms with Crippen molar-refractivity contribution >= 4 is 17.3 Å². The van der Waals surface area contributed by atoms with Crippen molar-refractivity contribution in [3.05, 3.63) is 53.3 Å². The van der Waals surface area contributed by atoms with E-state index in [1.165, 1.54) is 7.11 Å². The monoisotopic (exact) mass is 548 g/mol. The second-order valence-corrected chi connectivity index (χ2v) is 12.2. The van der Waals surface area contributed by atoms with Crippen molar-refractivity contribution in [1.29, 1.82) is 0 Å². The number of carbonyl (C=O) groups excluding carboxylic acids is 2. The highest BCUT2D eigenvalue weighted by Gasteiger charge is 2.54. The molecule has 0 unspecified atom stereocenters. The Morgan fingerprint density at radius 2 is 1.88 bits per heavy atom. The lowest BCUT2D eigenvalue weighted by atomic mass is 9.53. The predicted octanol–water partition coefficient (Wildman–Crippen LogP) is 3.59. The molecule has 1 spiro atoms. The Morgan fingerprint density at radius 3 is 2.52 bits per heavy atom. The number of pyridine rings is 1. The number of nitrogens with zero attached hydrogens (tertiary/aromatic N) is 2. The van der Waals surface area contributed by atoms with Gasteiger partial charge in [0, 0.05) is 12.0 Å². The lowest BCUT2D eigenvalue weighted by Gasteiger charge is -2.57. The van der Waals surface area contributed by atoms with Gasteiger partial charge in [0.1, 0.15) is 18.5 Å². The van der Waals surface area contributed by atoms with Crippen molar-refractivity contribution in [2.45, 2.75) is 76.0 Å². The number of nitrogens with two attached hydrogens (primary N) is 1. The van der Waals surface area contributed by atoms with Crippen LogP contribution in [0.5, 0.6) is 17.2 Å². The fourth-order valence-electron chi connectivity index (χ4n) is 6.17. The van der Waals surface area contributed by atoms with Gasteiger partial charge in [0.25, 0.3) is 11.8 Å². The fourth-order valence-corrected chi connectivity index (χ4v) is 6.17. The molecule has 2 amide bonds. The SMILES string of the molecule is COc1cccc(C(N)=O)c1OC1CC2(CC(NC(=O)c3cnn4c(C5CC5)c(OCC(C)(C)O)ccc34)C2)C1. The number of methoxy groups -OCH3 is 1. The Kier molecular flexibility index (Phi) is 6.40. The largest absolute Gasteiger partial charge is 0.493 e. The minimum Gasteiger partial charge on any atom is -0.493 e. The number of para-hydroxylation sites is 1. The Morgan fingerprint density at radius 1 is 1.12 bits per heavy atom. The van der Waals surface area contributed by atoms with Gasteiger partial charge in [0.05, 0.1) is 41.2 Å². The molecule has 0 aliphatic heterocycles. The lowest BCUT2D eigenvalue weighted by molar-refractivity contribution is -0.0840. The van der Waals surface area contributed by atoms with Gasteiger partial charge < -0.3 is 30.4 Å². The van der Waals surface area contributed by atoms with E-state index in [1.807, 2.05) is 16.6 Å².